The predicted molar refractivity (Wildman–Crippen MR) is 109 cm³/mol. The zero-order valence-corrected chi connectivity index (χ0v) is 17.2. The summed E-state index contributed by atoms with van der Waals surface area (Å²) in [4.78, 5) is 38.2. The Bertz CT molecular complexity index is 753. The third-order valence-electron chi connectivity index (χ3n) is 5.60. The smallest absolute Gasteiger partial charge is 0.227 e. The lowest BCUT2D eigenvalue weighted by molar-refractivity contribution is -0.140. The summed E-state index contributed by atoms with van der Waals surface area (Å²) in [6, 6.07) is 6.12. The Balaban J connectivity index is 1.47. The highest BCUT2D eigenvalue weighted by Crippen LogP contribution is 2.24. The molecule has 1 aromatic carbocycles. The number of benzene rings is 1. The summed E-state index contributed by atoms with van der Waals surface area (Å²) in [6.45, 7) is 2.90. The Labute approximate surface area is 174 Å². The van der Waals surface area contributed by atoms with E-state index in [0.717, 1.165) is 5.56 Å². The number of carbonyl (C=O) groups is 3. The number of amides is 3. The summed E-state index contributed by atoms with van der Waals surface area (Å²) in [7, 11) is 0. The second-order valence-corrected chi connectivity index (χ2v) is 8.74. The van der Waals surface area contributed by atoms with Crippen LogP contribution in [-0.4, -0.2) is 47.3 Å². The van der Waals surface area contributed by atoms with Crippen molar-refractivity contribution in [1.29, 1.82) is 0 Å². The van der Waals surface area contributed by atoms with E-state index in [0.29, 0.717) is 31.7 Å². The van der Waals surface area contributed by atoms with Crippen LogP contribution in [0, 0.1) is 17.7 Å². The van der Waals surface area contributed by atoms with E-state index in [1.807, 2.05) is 6.92 Å². The van der Waals surface area contributed by atoms with Crippen LogP contribution in [0.15, 0.2) is 24.3 Å². The van der Waals surface area contributed by atoms with Gasteiger partial charge in [-0.15, -0.1) is 11.8 Å². The fourth-order valence-corrected chi connectivity index (χ4v) is 4.77. The second kappa shape index (κ2) is 9.58. The molecule has 0 aromatic heterocycles. The van der Waals surface area contributed by atoms with Gasteiger partial charge in [0, 0.05) is 37.2 Å². The average Bonchev–Trinajstić information content (AvgIpc) is 2.70. The van der Waals surface area contributed by atoms with E-state index >= 15 is 0 Å². The van der Waals surface area contributed by atoms with Crippen molar-refractivity contribution in [3.8, 4) is 0 Å². The van der Waals surface area contributed by atoms with Crippen molar-refractivity contribution in [3.05, 3.63) is 35.6 Å². The van der Waals surface area contributed by atoms with E-state index in [1.165, 1.54) is 23.9 Å². The minimum atomic E-state index is -0.445. The van der Waals surface area contributed by atoms with Gasteiger partial charge in [0.15, 0.2) is 0 Å². The molecule has 3 unspecified atom stereocenters. The van der Waals surface area contributed by atoms with E-state index < -0.39 is 5.92 Å². The maximum absolute atomic E-state index is 13.0. The van der Waals surface area contributed by atoms with E-state index in [9.17, 15) is 18.8 Å². The molecule has 3 rings (SSSR count). The summed E-state index contributed by atoms with van der Waals surface area (Å²) in [6.07, 6.45) is 1.29. The number of hydrogen-bond donors (Lipinski definition) is 3. The first-order valence-electron chi connectivity index (χ1n) is 9.83. The van der Waals surface area contributed by atoms with Gasteiger partial charge in [0.05, 0.1) is 5.92 Å². The summed E-state index contributed by atoms with van der Waals surface area (Å²) in [5, 5.41) is 6.25. The molecule has 0 spiro atoms. The molecule has 4 N–H and O–H groups in total. The molecular formula is C20H27FN4O3S. The number of likely N-dealkylation sites (tertiary alicyclic amines) is 1. The third kappa shape index (κ3) is 5.70. The van der Waals surface area contributed by atoms with Crippen molar-refractivity contribution in [2.45, 2.75) is 43.5 Å². The highest BCUT2D eigenvalue weighted by Gasteiger charge is 2.36. The van der Waals surface area contributed by atoms with E-state index in [2.05, 4.69) is 10.6 Å². The van der Waals surface area contributed by atoms with Crippen LogP contribution in [0.1, 0.15) is 31.7 Å². The number of nitrogens with one attached hydrogen (secondary N) is 2. The van der Waals surface area contributed by atoms with Gasteiger partial charge in [0.25, 0.3) is 0 Å². The molecule has 9 heteroatoms. The van der Waals surface area contributed by atoms with Crippen LogP contribution in [-0.2, 0) is 20.1 Å². The van der Waals surface area contributed by atoms with E-state index in [-0.39, 0.29) is 47.4 Å². The van der Waals surface area contributed by atoms with Crippen molar-refractivity contribution < 1.29 is 18.8 Å². The normalized spacial score (nSPS) is 25.5. The molecule has 7 nitrogen and oxygen atoms in total. The van der Waals surface area contributed by atoms with Crippen molar-refractivity contribution in [3.63, 3.8) is 0 Å². The van der Waals surface area contributed by atoms with Crippen LogP contribution in [0.5, 0.6) is 0 Å². The zero-order valence-electron chi connectivity index (χ0n) is 16.4. The predicted octanol–water partition coefficient (Wildman–Crippen LogP) is 1.18. The summed E-state index contributed by atoms with van der Waals surface area (Å²) in [5.74, 6) is -0.792. The largest absolute Gasteiger partial charge is 0.369 e. The van der Waals surface area contributed by atoms with Crippen LogP contribution in [0.4, 0.5) is 4.39 Å². The highest BCUT2D eigenvalue weighted by molar-refractivity contribution is 7.99. The van der Waals surface area contributed by atoms with Crippen molar-refractivity contribution in [1.82, 2.24) is 15.5 Å². The number of nitrogens with zero attached hydrogens (tertiary/aromatic N) is 1. The molecule has 29 heavy (non-hydrogen) atoms. The van der Waals surface area contributed by atoms with Crippen LogP contribution < -0.4 is 16.4 Å². The van der Waals surface area contributed by atoms with Gasteiger partial charge in [-0.2, -0.15) is 0 Å². The molecule has 2 saturated heterocycles. The first-order valence-corrected chi connectivity index (χ1v) is 10.9. The van der Waals surface area contributed by atoms with Gasteiger partial charge in [0.1, 0.15) is 11.3 Å². The lowest BCUT2D eigenvalue weighted by Gasteiger charge is -2.37. The minimum Gasteiger partial charge on any atom is -0.369 e. The van der Waals surface area contributed by atoms with Gasteiger partial charge < -0.3 is 16.0 Å². The highest BCUT2D eigenvalue weighted by atomic mass is 32.2. The number of carbonyl (C=O) groups excluding carboxylic acids is 3. The molecule has 0 bridgehead atoms. The van der Waals surface area contributed by atoms with Gasteiger partial charge in [0.2, 0.25) is 17.7 Å². The van der Waals surface area contributed by atoms with Gasteiger partial charge in [-0.05, 0) is 37.5 Å². The van der Waals surface area contributed by atoms with Crippen LogP contribution in [0.2, 0.25) is 0 Å². The maximum Gasteiger partial charge on any atom is 0.227 e. The molecule has 0 saturated carbocycles. The Morgan fingerprint density at radius 2 is 1.90 bits per heavy atom. The van der Waals surface area contributed by atoms with Gasteiger partial charge in [-0.25, -0.2) is 4.39 Å². The second-order valence-electron chi connectivity index (χ2n) is 7.65. The fourth-order valence-electron chi connectivity index (χ4n) is 3.71. The molecule has 3 atom stereocenters. The molecule has 2 heterocycles. The molecular weight excluding hydrogens is 395 g/mol. The zero-order chi connectivity index (χ0) is 21.0. The number of hydrogen-bond acceptors (Lipinski definition) is 5. The van der Waals surface area contributed by atoms with Gasteiger partial charge in [-0.3, -0.25) is 19.7 Å². The number of halogens is 1. The number of nitrogens with two attached hydrogens (primary N) is 1. The number of thioether (sulfide) groups is 1. The lowest BCUT2D eigenvalue weighted by atomic mass is 9.92. The molecule has 1 aromatic rings. The molecule has 0 aliphatic carbocycles. The lowest BCUT2D eigenvalue weighted by Crippen LogP contribution is -2.60. The van der Waals surface area contributed by atoms with Crippen LogP contribution in [0.3, 0.4) is 0 Å². The Hall–Kier alpha value is -2.13. The molecule has 2 aliphatic rings. The van der Waals surface area contributed by atoms with Crippen molar-refractivity contribution in [2.24, 2.45) is 17.6 Å². The number of primary amides is 1. The molecule has 0 radical (unpaired) electrons. The fraction of sp³-hybridized carbons (Fsp3) is 0.550. The SMILES string of the molecule is CC1NC(SCc2ccc(F)cc2)NC(=O)C1CC(=O)N1CCC(C(N)=O)CC1. The van der Waals surface area contributed by atoms with Crippen molar-refractivity contribution in [2.75, 3.05) is 13.1 Å². The quantitative estimate of drug-likeness (QED) is 0.639. The standard InChI is InChI=1S/C20H27FN4O3S/c1-12-16(10-17(26)25-8-6-14(7-9-25)18(22)27)19(28)24-20(23-12)29-11-13-2-4-15(21)5-3-13/h2-5,12,14,16,20,23H,6-11H2,1H3,(H2,22,27)(H,24,28). The van der Waals surface area contributed by atoms with Gasteiger partial charge in [-0.1, -0.05) is 12.1 Å². The molecule has 3 amide bonds. The minimum absolute atomic E-state index is 0.0702. The topological polar surface area (TPSA) is 105 Å². The maximum atomic E-state index is 13.0. The average molecular weight is 423 g/mol. The summed E-state index contributed by atoms with van der Waals surface area (Å²) >= 11 is 1.51. The molecule has 158 valence electrons. The monoisotopic (exact) mass is 422 g/mol. The number of piperidine rings is 1. The third-order valence-corrected chi connectivity index (χ3v) is 6.69. The van der Waals surface area contributed by atoms with Crippen molar-refractivity contribution >= 4 is 29.5 Å². The van der Waals surface area contributed by atoms with Gasteiger partial charge >= 0.3 is 0 Å². The Morgan fingerprint density at radius 1 is 1.24 bits per heavy atom. The Morgan fingerprint density at radius 3 is 2.48 bits per heavy atom. The number of rotatable bonds is 6. The first-order chi connectivity index (χ1) is 13.8. The molecule has 2 fully saturated rings. The van der Waals surface area contributed by atoms with E-state index in [4.69, 9.17) is 5.73 Å². The van der Waals surface area contributed by atoms with E-state index in [1.54, 1.807) is 17.0 Å². The summed E-state index contributed by atoms with van der Waals surface area (Å²) in [5.41, 5.74) is 6.04. The Kier molecular flexibility index (Phi) is 7.13. The van der Waals surface area contributed by atoms with Crippen LogP contribution in [0.25, 0.3) is 0 Å². The van der Waals surface area contributed by atoms with Crippen LogP contribution >= 0.6 is 11.8 Å². The first kappa shape index (κ1) is 21.6. The summed E-state index contributed by atoms with van der Waals surface area (Å²) < 4.78 is 13.0. The molecule has 2 aliphatic heterocycles.